The van der Waals surface area contributed by atoms with Crippen LogP contribution in [0.5, 0.6) is 0 Å². The first kappa shape index (κ1) is 26.4. The quantitative estimate of drug-likeness (QED) is 0.233. The molecule has 1 amide bonds. The molecular weight excluding hydrogens is 536 g/mol. The third-order valence-electron chi connectivity index (χ3n) is 6.14. The second-order valence-corrected chi connectivity index (χ2v) is 9.55. The van der Waals surface area contributed by atoms with Crippen LogP contribution in [0.1, 0.15) is 46.9 Å². The van der Waals surface area contributed by atoms with Gasteiger partial charge < -0.3 is 5.32 Å². The number of benzene rings is 2. The predicted molar refractivity (Wildman–Crippen MR) is 138 cm³/mol. The Kier molecular flexibility index (Phi) is 6.85. The van der Waals surface area contributed by atoms with Gasteiger partial charge in [0.05, 0.1) is 18.4 Å². The van der Waals surface area contributed by atoms with Crippen LogP contribution in [0, 0.1) is 5.82 Å². The van der Waals surface area contributed by atoms with E-state index in [-0.39, 0.29) is 45.8 Å². The summed E-state index contributed by atoms with van der Waals surface area (Å²) in [5.74, 6) is -0.913. The molecule has 0 aliphatic rings. The summed E-state index contributed by atoms with van der Waals surface area (Å²) in [6.45, 7) is 4.03. The molecule has 2 aromatic carbocycles. The van der Waals surface area contributed by atoms with Crippen LogP contribution < -0.4 is 5.32 Å². The van der Waals surface area contributed by atoms with Crippen LogP contribution in [0.2, 0.25) is 5.02 Å². The molecule has 0 bridgehead atoms. The molecule has 0 saturated heterocycles. The van der Waals surface area contributed by atoms with Gasteiger partial charge in [0.15, 0.2) is 17.2 Å². The number of rotatable bonds is 6. The molecule has 1 N–H and O–H groups in total. The Labute approximate surface area is 225 Å². The summed E-state index contributed by atoms with van der Waals surface area (Å²) < 4.78 is 57.9. The van der Waals surface area contributed by atoms with Crippen LogP contribution in [-0.4, -0.2) is 30.3 Å². The van der Waals surface area contributed by atoms with Crippen LogP contribution in [0.15, 0.2) is 67.0 Å². The predicted octanol–water partition coefficient (Wildman–Crippen LogP) is 6.83. The first-order valence-electron chi connectivity index (χ1n) is 11.9. The highest BCUT2D eigenvalue weighted by atomic mass is 35.5. The standard InChI is InChI=1S/C27H21ClF4N6O/c1-15(2)16-6-8-17(9-7-16)22-12-23(27(30,31)32)38-25(34-22)18(13-33-38)26(39)35-24-10-11-37(36-24)14-19-20(28)4-3-5-21(19)29/h3-13,15H,14H2,1-2H3,(H,35,36,39). The van der Waals surface area contributed by atoms with Crippen LogP contribution >= 0.6 is 11.6 Å². The lowest BCUT2D eigenvalue weighted by atomic mass is 10.0. The average Bonchev–Trinajstić information content (AvgIpc) is 3.52. The van der Waals surface area contributed by atoms with E-state index in [1.54, 1.807) is 18.2 Å². The molecule has 3 heterocycles. The summed E-state index contributed by atoms with van der Waals surface area (Å²) in [5, 5.41) is 10.7. The number of halogens is 5. The lowest BCUT2D eigenvalue weighted by Gasteiger charge is -2.12. The molecule has 0 fully saturated rings. The number of hydrogen-bond donors (Lipinski definition) is 1. The smallest absolute Gasteiger partial charge is 0.305 e. The van der Waals surface area contributed by atoms with Gasteiger partial charge in [-0.25, -0.2) is 13.9 Å². The lowest BCUT2D eigenvalue weighted by Crippen LogP contribution is -2.16. The van der Waals surface area contributed by atoms with Gasteiger partial charge in [-0.1, -0.05) is 55.8 Å². The van der Waals surface area contributed by atoms with E-state index in [0.29, 0.717) is 10.1 Å². The fourth-order valence-corrected chi connectivity index (χ4v) is 4.28. The Hall–Kier alpha value is -4.25. The lowest BCUT2D eigenvalue weighted by molar-refractivity contribution is -0.142. The first-order valence-corrected chi connectivity index (χ1v) is 12.2. The highest BCUT2D eigenvalue weighted by molar-refractivity contribution is 6.31. The minimum Gasteiger partial charge on any atom is -0.305 e. The van der Waals surface area contributed by atoms with Crippen LogP contribution in [0.25, 0.3) is 16.9 Å². The molecule has 7 nitrogen and oxygen atoms in total. The SMILES string of the molecule is CC(C)c1ccc(-c2cc(C(F)(F)F)n3ncc(C(=O)Nc4ccn(Cc5c(F)cccc5Cl)n4)c3n2)cc1. The topological polar surface area (TPSA) is 77.1 Å². The van der Waals surface area contributed by atoms with E-state index in [1.165, 1.54) is 29.1 Å². The number of carbonyl (C=O) groups is 1. The fourth-order valence-electron chi connectivity index (χ4n) is 4.06. The van der Waals surface area contributed by atoms with Gasteiger partial charge in [-0.2, -0.15) is 23.4 Å². The summed E-state index contributed by atoms with van der Waals surface area (Å²) in [6.07, 6.45) is -2.22. The molecule has 39 heavy (non-hydrogen) atoms. The largest absolute Gasteiger partial charge is 0.433 e. The van der Waals surface area contributed by atoms with Crippen LogP contribution in [-0.2, 0) is 12.7 Å². The van der Waals surface area contributed by atoms with E-state index in [9.17, 15) is 22.4 Å². The van der Waals surface area contributed by atoms with Gasteiger partial charge in [0.2, 0.25) is 0 Å². The zero-order valence-corrected chi connectivity index (χ0v) is 21.4. The number of anilines is 1. The summed E-state index contributed by atoms with van der Waals surface area (Å²) in [7, 11) is 0. The van der Waals surface area contributed by atoms with Crippen molar-refractivity contribution >= 4 is 29.0 Å². The molecule has 3 aromatic heterocycles. The maximum atomic E-state index is 14.1. The minimum atomic E-state index is -4.75. The molecule has 12 heteroatoms. The van der Waals surface area contributed by atoms with Crippen molar-refractivity contribution in [2.75, 3.05) is 5.32 Å². The number of amides is 1. The van der Waals surface area contributed by atoms with Crippen molar-refractivity contribution in [3.8, 4) is 11.3 Å². The molecule has 0 saturated carbocycles. The Balaban J connectivity index is 1.47. The van der Waals surface area contributed by atoms with E-state index in [4.69, 9.17) is 11.6 Å². The number of aromatic nitrogens is 5. The molecule has 0 aliphatic heterocycles. The number of carbonyl (C=O) groups excluding carboxylic acids is 1. The fraction of sp³-hybridized carbons (Fsp3) is 0.185. The van der Waals surface area contributed by atoms with Gasteiger partial charge in [-0.05, 0) is 29.7 Å². The molecule has 5 rings (SSSR count). The molecule has 5 aromatic rings. The van der Waals surface area contributed by atoms with Gasteiger partial charge in [-0.3, -0.25) is 9.48 Å². The van der Waals surface area contributed by atoms with Crippen LogP contribution in [0.4, 0.5) is 23.4 Å². The number of alkyl halides is 3. The Morgan fingerprint density at radius 1 is 1.10 bits per heavy atom. The van der Waals surface area contributed by atoms with Crippen molar-refractivity contribution in [3.63, 3.8) is 0 Å². The third-order valence-corrected chi connectivity index (χ3v) is 6.50. The van der Waals surface area contributed by atoms with Gasteiger partial charge in [0.25, 0.3) is 5.91 Å². The Morgan fingerprint density at radius 2 is 1.85 bits per heavy atom. The molecule has 0 radical (unpaired) electrons. The number of fused-ring (bicyclic) bond motifs is 1. The Morgan fingerprint density at radius 3 is 2.51 bits per heavy atom. The molecular formula is C27H21ClF4N6O. The third kappa shape index (κ3) is 5.35. The van der Waals surface area contributed by atoms with E-state index >= 15 is 0 Å². The van der Waals surface area contributed by atoms with E-state index in [1.807, 2.05) is 26.0 Å². The molecule has 0 unspecified atom stereocenters. The number of nitrogens with zero attached hydrogens (tertiary/aromatic N) is 5. The van der Waals surface area contributed by atoms with Gasteiger partial charge in [0.1, 0.15) is 11.4 Å². The number of nitrogens with one attached hydrogen (secondary N) is 1. The molecule has 0 atom stereocenters. The second-order valence-electron chi connectivity index (χ2n) is 9.15. The summed E-state index contributed by atoms with van der Waals surface area (Å²) in [5.41, 5.74) is 0.255. The van der Waals surface area contributed by atoms with Crippen molar-refractivity contribution < 1.29 is 22.4 Å². The average molecular weight is 557 g/mol. The van der Waals surface area contributed by atoms with Crippen molar-refractivity contribution in [2.24, 2.45) is 0 Å². The highest BCUT2D eigenvalue weighted by Crippen LogP contribution is 2.33. The van der Waals surface area contributed by atoms with Gasteiger partial charge in [-0.15, -0.1) is 0 Å². The zero-order chi connectivity index (χ0) is 27.9. The summed E-state index contributed by atoms with van der Waals surface area (Å²) >= 11 is 6.07. The van der Waals surface area contributed by atoms with E-state index in [2.05, 4.69) is 20.5 Å². The van der Waals surface area contributed by atoms with Crippen molar-refractivity contribution in [3.05, 3.63) is 100 Å². The molecule has 0 spiro atoms. The van der Waals surface area contributed by atoms with Crippen molar-refractivity contribution in [2.45, 2.75) is 32.5 Å². The van der Waals surface area contributed by atoms with Gasteiger partial charge in [0, 0.05) is 28.4 Å². The summed E-state index contributed by atoms with van der Waals surface area (Å²) in [6, 6.07) is 13.7. The Bertz CT molecular complexity index is 1650. The van der Waals surface area contributed by atoms with E-state index < -0.39 is 23.6 Å². The maximum absolute atomic E-state index is 14.1. The number of hydrogen-bond acceptors (Lipinski definition) is 4. The maximum Gasteiger partial charge on any atom is 0.433 e. The molecule has 200 valence electrons. The van der Waals surface area contributed by atoms with Gasteiger partial charge >= 0.3 is 6.18 Å². The van der Waals surface area contributed by atoms with E-state index in [0.717, 1.165) is 17.8 Å². The first-order chi connectivity index (χ1) is 18.5. The monoisotopic (exact) mass is 556 g/mol. The van der Waals surface area contributed by atoms with Crippen molar-refractivity contribution in [1.29, 1.82) is 0 Å². The van der Waals surface area contributed by atoms with Crippen LogP contribution in [0.3, 0.4) is 0 Å². The zero-order valence-electron chi connectivity index (χ0n) is 20.7. The normalized spacial score (nSPS) is 11.9. The second kappa shape index (κ2) is 10.1. The highest BCUT2D eigenvalue weighted by Gasteiger charge is 2.36. The molecule has 0 aliphatic carbocycles. The van der Waals surface area contributed by atoms with Crippen molar-refractivity contribution in [1.82, 2.24) is 24.4 Å². The summed E-state index contributed by atoms with van der Waals surface area (Å²) in [4.78, 5) is 17.4. The minimum absolute atomic E-state index is 0.00749.